The van der Waals surface area contributed by atoms with Crippen LogP contribution in [0.1, 0.15) is 36.5 Å². The first-order valence-corrected chi connectivity index (χ1v) is 6.56. The number of imidazole rings is 1. The standard InChI is InChI=1S/C14H17N3O3/c1-3-13(18)15-8-12-16-10-7-9(14(19)20)5-6-11(10)17(12)4-2/h5-7H,3-4,8H2,1-2H3,(H,15,18)(H,19,20). The lowest BCUT2D eigenvalue weighted by Gasteiger charge is -2.06. The van der Waals surface area contributed by atoms with E-state index < -0.39 is 5.97 Å². The molecule has 0 bridgehead atoms. The second kappa shape index (κ2) is 5.73. The average Bonchev–Trinajstić information content (AvgIpc) is 2.80. The molecule has 0 aliphatic rings. The van der Waals surface area contributed by atoms with Crippen LogP contribution in [0.3, 0.4) is 0 Å². The maximum Gasteiger partial charge on any atom is 0.335 e. The molecule has 20 heavy (non-hydrogen) atoms. The van der Waals surface area contributed by atoms with Crippen LogP contribution in [0, 0.1) is 0 Å². The van der Waals surface area contributed by atoms with Gasteiger partial charge in [0.2, 0.25) is 5.91 Å². The Morgan fingerprint density at radius 3 is 2.70 bits per heavy atom. The van der Waals surface area contributed by atoms with Gasteiger partial charge in [0.05, 0.1) is 23.1 Å². The molecule has 6 heteroatoms. The van der Waals surface area contributed by atoms with E-state index in [4.69, 9.17) is 5.11 Å². The number of carbonyl (C=O) groups excluding carboxylic acids is 1. The predicted octanol–water partition coefficient (Wildman–Crippen LogP) is 1.78. The number of fused-ring (bicyclic) bond motifs is 1. The molecule has 0 radical (unpaired) electrons. The second-order valence-electron chi connectivity index (χ2n) is 4.41. The third-order valence-electron chi connectivity index (χ3n) is 3.16. The summed E-state index contributed by atoms with van der Waals surface area (Å²) in [6.45, 7) is 4.83. The van der Waals surface area contributed by atoms with Gasteiger partial charge in [0.15, 0.2) is 0 Å². The fraction of sp³-hybridized carbons (Fsp3) is 0.357. The number of aromatic nitrogens is 2. The van der Waals surface area contributed by atoms with Crippen molar-refractivity contribution in [2.75, 3.05) is 0 Å². The summed E-state index contributed by atoms with van der Waals surface area (Å²) >= 11 is 0. The lowest BCUT2D eigenvalue weighted by molar-refractivity contribution is -0.120. The van der Waals surface area contributed by atoms with Gasteiger partial charge in [-0.15, -0.1) is 0 Å². The summed E-state index contributed by atoms with van der Waals surface area (Å²) in [5.41, 5.74) is 1.72. The SMILES string of the molecule is CCC(=O)NCc1nc2cc(C(=O)O)ccc2n1CC. The Hall–Kier alpha value is -2.37. The Kier molecular flexibility index (Phi) is 4.02. The highest BCUT2D eigenvalue weighted by Crippen LogP contribution is 2.18. The fourth-order valence-electron chi connectivity index (χ4n) is 2.10. The van der Waals surface area contributed by atoms with Gasteiger partial charge in [-0.1, -0.05) is 6.92 Å². The summed E-state index contributed by atoms with van der Waals surface area (Å²) in [5.74, 6) is -0.281. The summed E-state index contributed by atoms with van der Waals surface area (Å²) in [5, 5.41) is 11.8. The minimum atomic E-state index is -0.973. The highest BCUT2D eigenvalue weighted by Gasteiger charge is 2.12. The van der Waals surface area contributed by atoms with Gasteiger partial charge >= 0.3 is 5.97 Å². The second-order valence-corrected chi connectivity index (χ2v) is 4.41. The van der Waals surface area contributed by atoms with Gasteiger partial charge in [0.1, 0.15) is 5.82 Å². The molecular weight excluding hydrogens is 258 g/mol. The molecule has 106 valence electrons. The number of aromatic carboxylic acids is 1. The van der Waals surface area contributed by atoms with Crippen LogP contribution in [0.5, 0.6) is 0 Å². The van der Waals surface area contributed by atoms with E-state index in [0.717, 1.165) is 11.3 Å². The van der Waals surface area contributed by atoms with Crippen LogP contribution in [0.15, 0.2) is 18.2 Å². The molecule has 0 spiro atoms. The van der Waals surface area contributed by atoms with Crippen molar-refractivity contribution >= 4 is 22.9 Å². The van der Waals surface area contributed by atoms with Gasteiger partial charge in [-0.2, -0.15) is 0 Å². The van der Waals surface area contributed by atoms with Crippen molar-refractivity contribution in [3.63, 3.8) is 0 Å². The van der Waals surface area contributed by atoms with E-state index in [0.29, 0.717) is 25.0 Å². The zero-order valence-electron chi connectivity index (χ0n) is 11.5. The van der Waals surface area contributed by atoms with Crippen molar-refractivity contribution in [1.82, 2.24) is 14.9 Å². The smallest absolute Gasteiger partial charge is 0.335 e. The van der Waals surface area contributed by atoms with Crippen LogP contribution in [0.2, 0.25) is 0 Å². The van der Waals surface area contributed by atoms with Crippen molar-refractivity contribution in [2.24, 2.45) is 0 Å². The largest absolute Gasteiger partial charge is 0.478 e. The van der Waals surface area contributed by atoms with Crippen LogP contribution in [-0.2, 0) is 17.9 Å². The van der Waals surface area contributed by atoms with E-state index in [-0.39, 0.29) is 11.5 Å². The van der Waals surface area contributed by atoms with E-state index in [1.54, 1.807) is 25.1 Å². The monoisotopic (exact) mass is 275 g/mol. The average molecular weight is 275 g/mol. The van der Waals surface area contributed by atoms with Crippen molar-refractivity contribution < 1.29 is 14.7 Å². The summed E-state index contributed by atoms with van der Waals surface area (Å²) in [4.78, 5) is 26.7. The third-order valence-corrected chi connectivity index (χ3v) is 3.16. The first-order chi connectivity index (χ1) is 9.56. The predicted molar refractivity (Wildman–Crippen MR) is 74.5 cm³/mol. The number of amides is 1. The highest BCUT2D eigenvalue weighted by atomic mass is 16.4. The molecule has 2 aromatic rings. The Morgan fingerprint density at radius 1 is 1.35 bits per heavy atom. The Labute approximate surface area is 116 Å². The molecule has 0 saturated carbocycles. The maximum atomic E-state index is 11.3. The Bertz CT molecular complexity index is 661. The summed E-state index contributed by atoms with van der Waals surface area (Å²) < 4.78 is 1.97. The fourth-order valence-corrected chi connectivity index (χ4v) is 2.10. The van der Waals surface area contributed by atoms with Crippen LogP contribution < -0.4 is 5.32 Å². The molecule has 0 fully saturated rings. The van der Waals surface area contributed by atoms with Crippen molar-refractivity contribution in [2.45, 2.75) is 33.4 Å². The molecule has 1 heterocycles. The minimum Gasteiger partial charge on any atom is -0.478 e. The molecule has 0 aliphatic carbocycles. The number of nitrogens with one attached hydrogen (secondary N) is 1. The number of aryl methyl sites for hydroxylation is 1. The molecule has 1 amide bonds. The molecule has 2 rings (SSSR count). The van der Waals surface area contributed by atoms with Crippen molar-refractivity contribution in [1.29, 1.82) is 0 Å². The highest BCUT2D eigenvalue weighted by molar-refractivity contribution is 5.92. The van der Waals surface area contributed by atoms with E-state index in [2.05, 4.69) is 10.3 Å². The molecule has 0 saturated heterocycles. The van der Waals surface area contributed by atoms with Crippen molar-refractivity contribution in [3.05, 3.63) is 29.6 Å². The quantitative estimate of drug-likeness (QED) is 0.871. The zero-order chi connectivity index (χ0) is 14.7. The number of hydrogen-bond acceptors (Lipinski definition) is 3. The van der Waals surface area contributed by atoms with Gasteiger partial charge in [0, 0.05) is 13.0 Å². The molecule has 6 nitrogen and oxygen atoms in total. The lowest BCUT2D eigenvalue weighted by Crippen LogP contribution is -2.23. The normalized spacial score (nSPS) is 10.7. The van der Waals surface area contributed by atoms with Gasteiger partial charge in [0.25, 0.3) is 0 Å². The van der Waals surface area contributed by atoms with Gasteiger partial charge in [-0.3, -0.25) is 4.79 Å². The Morgan fingerprint density at radius 2 is 2.10 bits per heavy atom. The van der Waals surface area contributed by atoms with Gasteiger partial charge < -0.3 is 15.0 Å². The zero-order valence-corrected chi connectivity index (χ0v) is 11.5. The molecular formula is C14H17N3O3. The van der Waals surface area contributed by atoms with Crippen LogP contribution in [0.25, 0.3) is 11.0 Å². The summed E-state index contributed by atoms with van der Waals surface area (Å²) in [6.07, 6.45) is 0.426. The van der Waals surface area contributed by atoms with E-state index in [9.17, 15) is 9.59 Å². The van der Waals surface area contributed by atoms with Crippen LogP contribution in [0.4, 0.5) is 0 Å². The maximum absolute atomic E-state index is 11.3. The van der Waals surface area contributed by atoms with E-state index in [1.165, 1.54) is 0 Å². The summed E-state index contributed by atoms with van der Waals surface area (Å²) in [6, 6.07) is 4.86. The number of carboxylic acids is 1. The third kappa shape index (κ3) is 2.64. The number of nitrogens with zero attached hydrogens (tertiary/aromatic N) is 2. The number of carboxylic acid groups (broad SMARTS) is 1. The number of benzene rings is 1. The number of carbonyl (C=O) groups is 2. The minimum absolute atomic E-state index is 0.0362. The molecule has 2 N–H and O–H groups in total. The first kappa shape index (κ1) is 14.0. The molecule has 0 unspecified atom stereocenters. The Balaban J connectivity index is 2.39. The van der Waals surface area contributed by atoms with E-state index in [1.807, 2.05) is 11.5 Å². The van der Waals surface area contributed by atoms with Crippen LogP contribution >= 0.6 is 0 Å². The van der Waals surface area contributed by atoms with Crippen LogP contribution in [-0.4, -0.2) is 26.5 Å². The lowest BCUT2D eigenvalue weighted by atomic mass is 10.2. The van der Waals surface area contributed by atoms with Gasteiger partial charge in [-0.05, 0) is 25.1 Å². The van der Waals surface area contributed by atoms with Crippen molar-refractivity contribution in [3.8, 4) is 0 Å². The van der Waals surface area contributed by atoms with Gasteiger partial charge in [-0.25, -0.2) is 9.78 Å². The molecule has 1 aromatic carbocycles. The molecule has 1 aromatic heterocycles. The molecule has 0 aliphatic heterocycles. The molecule has 0 atom stereocenters. The van der Waals surface area contributed by atoms with E-state index >= 15 is 0 Å². The summed E-state index contributed by atoms with van der Waals surface area (Å²) in [7, 11) is 0. The number of hydrogen-bond donors (Lipinski definition) is 2. The number of rotatable bonds is 5. The first-order valence-electron chi connectivity index (χ1n) is 6.56. The topological polar surface area (TPSA) is 84.2 Å².